The van der Waals surface area contributed by atoms with Crippen molar-refractivity contribution >= 4 is 18.0 Å². The molecule has 0 aliphatic heterocycles. The molecule has 0 aliphatic carbocycles. The fourth-order valence-electron chi connectivity index (χ4n) is 2.98. The predicted molar refractivity (Wildman–Crippen MR) is 127 cm³/mol. The number of hydrogen-bond donors (Lipinski definition) is 2. The van der Waals surface area contributed by atoms with Crippen molar-refractivity contribution in [3.05, 3.63) is 77.9 Å². The zero-order valence-corrected chi connectivity index (χ0v) is 19.0. The maximum absolute atomic E-state index is 12.5. The van der Waals surface area contributed by atoms with Gasteiger partial charge in [0.15, 0.2) is 11.5 Å². The van der Waals surface area contributed by atoms with E-state index in [0.717, 1.165) is 5.56 Å². The summed E-state index contributed by atoms with van der Waals surface area (Å²) < 4.78 is 21.5. The summed E-state index contributed by atoms with van der Waals surface area (Å²) >= 11 is 0. The molecule has 176 valence electrons. The molecule has 0 fully saturated rings. The Bertz CT molecular complexity index is 1140. The van der Waals surface area contributed by atoms with Gasteiger partial charge in [0.05, 0.1) is 34.1 Å². The minimum Gasteiger partial charge on any atom is -0.493 e. The van der Waals surface area contributed by atoms with Gasteiger partial charge in [-0.1, -0.05) is 30.3 Å². The minimum absolute atomic E-state index is 0.251. The maximum atomic E-state index is 12.5. The van der Waals surface area contributed by atoms with Gasteiger partial charge < -0.3 is 24.3 Å². The molecule has 2 amide bonds. The Hall–Kier alpha value is -4.53. The predicted octanol–water partition coefficient (Wildman–Crippen LogP) is 3.38. The fourth-order valence-corrected chi connectivity index (χ4v) is 2.98. The summed E-state index contributed by atoms with van der Waals surface area (Å²) in [5, 5.41) is 6.46. The van der Waals surface area contributed by atoms with Gasteiger partial charge in [0.1, 0.15) is 11.5 Å². The molecule has 9 nitrogen and oxygen atoms in total. The van der Waals surface area contributed by atoms with Gasteiger partial charge in [-0.15, -0.1) is 0 Å². The normalized spacial score (nSPS) is 10.4. The number of carbonyl (C=O) groups excluding carboxylic acids is 2. The zero-order chi connectivity index (χ0) is 24.3. The molecule has 0 atom stereocenters. The van der Waals surface area contributed by atoms with Gasteiger partial charge in [-0.3, -0.25) is 9.59 Å². The number of hydrogen-bond acceptors (Lipinski definition) is 7. The molecule has 0 heterocycles. The van der Waals surface area contributed by atoms with Gasteiger partial charge in [-0.25, -0.2) is 5.43 Å². The van der Waals surface area contributed by atoms with Crippen molar-refractivity contribution in [2.75, 3.05) is 27.9 Å². The second-order valence-electron chi connectivity index (χ2n) is 6.88. The molecule has 0 saturated heterocycles. The van der Waals surface area contributed by atoms with E-state index < -0.39 is 11.8 Å². The van der Waals surface area contributed by atoms with E-state index in [1.807, 2.05) is 48.5 Å². The van der Waals surface area contributed by atoms with Crippen LogP contribution in [0.25, 0.3) is 0 Å². The Labute approximate surface area is 197 Å². The molecule has 0 saturated carbocycles. The van der Waals surface area contributed by atoms with Gasteiger partial charge in [-0.05, 0) is 42.0 Å². The Morgan fingerprint density at radius 2 is 1.53 bits per heavy atom. The van der Waals surface area contributed by atoms with Crippen molar-refractivity contribution < 1.29 is 28.5 Å². The van der Waals surface area contributed by atoms with Crippen LogP contribution in [0.4, 0.5) is 0 Å². The molecule has 3 rings (SSSR count). The van der Waals surface area contributed by atoms with Crippen molar-refractivity contribution in [1.29, 1.82) is 0 Å². The molecule has 0 radical (unpaired) electrons. The number of amides is 2. The van der Waals surface area contributed by atoms with Crippen LogP contribution in [0, 0.1) is 0 Å². The third-order valence-electron chi connectivity index (χ3n) is 4.58. The molecular formula is C25H25N3O6. The van der Waals surface area contributed by atoms with E-state index in [2.05, 4.69) is 15.8 Å². The summed E-state index contributed by atoms with van der Waals surface area (Å²) in [5.41, 5.74) is 3.36. The van der Waals surface area contributed by atoms with E-state index in [1.165, 1.54) is 39.7 Å². The number of nitrogens with one attached hydrogen (secondary N) is 2. The minimum atomic E-state index is -0.492. The smallest absolute Gasteiger partial charge is 0.259 e. The number of carbonyl (C=O) groups is 2. The van der Waals surface area contributed by atoms with Crippen LogP contribution in [0.5, 0.6) is 28.7 Å². The second kappa shape index (κ2) is 11.9. The number of rotatable bonds is 10. The highest BCUT2D eigenvalue weighted by Crippen LogP contribution is 2.38. The van der Waals surface area contributed by atoms with E-state index in [0.29, 0.717) is 28.7 Å². The summed E-state index contributed by atoms with van der Waals surface area (Å²) in [7, 11) is 4.37. The van der Waals surface area contributed by atoms with Crippen molar-refractivity contribution in [2.24, 2.45) is 5.10 Å². The van der Waals surface area contributed by atoms with Gasteiger partial charge in [0.25, 0.3) is 11.8 Å². The molecule has 0 spiro atoms. The quantitative estimate of drug-likeness (QED) is 0.353. The van der Waals surface area contributed by atoms with Gasteiger partial charge in [0, 0.05) is 5.56 Å². The first-order valence-electron chi connectivity index (χ1n) is 10.3. The number of hydrazone groups is 1. The molecular weight excluding hydrogens is 438 g/mol. The Kier molecular flexibility index (Phi) is 8.45. The third-order valence-corrected chi connectivity index (χ3v) is 4.58. The third kappa shape index (κ3) is 6.49. The van der Waals surface area contributed by atoms with E-state index in [-0.39, 0.29) is 12.1 Å². The van der Waals surface area contributed by atoms with Gasteiger partial charge >= 0.3 is 0 Å². The lowest BCUT2D eigenvalue weighted by molar-refractivity contribution is -0.120. The molecule has 0 bridgehead atoms. The van der Waals surface area contributed by atoms with Crippen LogP contribution in [0.3, 0.4) is 0 Å². The van der Waals surface area contributed by atoms with Crippen LogP contribution in [0.1, 0.15) is 15.9 Å². The number of nitrogens with zero attached hydrogens (tertiary/aromatic N) is 1. The largest absolute Gasteiger partial charge is 0.493 e. The van der Waals surface area contributed by atoms with Crippen molar-refractivity contribution in [2.45, 2.75) is 0 Å². The molecule has 2 N–H and O–H groups in total. The van der Waals surface area contributed by atoms with E-state index in [4.69, 9.17) is 18.9 Å². The summed E-state index contributed by atoms with van der Waals surface area (Å²) in [4.78, 5) is 24.6. The Morgan fingerprint density at radius 3 is 2.18 bits per heavy atom. The molecule has 3 aromatic rings. The van der Waals surface area contributed by atoms with Crippen molar-refractivity contribution in [3.63, 3.8) is 0 Å². The summed E-state index contributed by atoms with van der Waals surface area (Å²) in [6, 6.07) is 19.6. The number of methoxy groups -OCH3 is 3. The lowest BCUT2D eigenvalue weighted by Crippen LogP contribution is -2.34. The van der Waals surface area contributed by atoms with E-state index >= 15 is 0 Å². The SMILES string of the molecule is COc1cc(C(=O)NCC(=O)N/N=C\c2cccc(Oc3ccccc3)c2)cc(OC)c1OC. The topological polar surface area (TPSA) is 107 Å². The summed E-state index contributed by atoms with van der Waals surface area (Å²) in [6.07, 6.45) is 1.48. The second-order valence-corrected chi connectivity index (χ2v) is 6.88. The number of para-hydroxylation sites is 1. The van der Waals surface area contributed by atoms with Crippen molar-refractivity contribution in [1.82, 2.24) is 10.7 Å². The average Bonchev–Trinajstić information content (AvgIpc) is 2.87. The lowest BCUT2D eigenvalue weighted by Gasteiger charge is -2.14. The van der Waals surface area contributed by atoms with E-state index in [1.54, 1.807) is 6.07 Å². The number of ether oxygens (including phenoxy) is 4. The molecule has 3 aromatic carbocycles. The Balaban J connectivity index is 1.54. The van der Waals surface area contributed by atoms with Crippen molar-refractivity contribution in [3.8, 4) is 28.7 Å². The van der Waals surface area contributed by atoms with Crippen LogP contribution >= 0.6 is 0 Å². The lowest BCUT2D eigenvalue weighted by atomic mass is 10.1. The van der Waals surface area contributed by atoms with Crippen LogP contribution in [-0.4, -0.2) is 45.9 Å². The molecule has 9 heteroatoms. The first-order valence-corrected chi connectivity index (χ1v) is 10.3. The molecule has 0 aromatic heterocycles. The average molecular weight is 463 g/mol. The first kappa shape index (κ1) is 24.1. The fraction of sp³-hybridized carbons (Fsp3) is 0.160. The first-order chi connectivity index (χ1) is 16.5. The standard InChI is InChI=1S/C25H25N3O6/c1-31-21-13-18(14-22(32-2)24(21)33-3)25(30)26-16-23(29)28-27-15-17-8-7-11-20(12-17)34-19-9-5-4-6-10-19/h4-15H,16H2,1-3H3,(H,26,30)(H,28,29)/b27-15-. The molecule has 34 heavy (non-hydrogen) atoms. The Morgan fingerprint density at radius 1 is 0.853 bits per heavy atom. The highest BCUT2D eigenvalue weighted by atomic mass is 16.5. The van der Waals surface area contributed by atoms with Crippen LogP contribution < -0.4 is 29.7 Å². The molecule has 0 aliphatic rings. The van der Waals surface area contributed by atoms with Crippen LogP contribution in [0.2, 0.25) is 0 Å². The van der Waals surface area contributed by atoms with E-state index in [9.17, 15) is 9.59 Å². The van der Waals surface area contributed by atoms with Gasteiger partial charge in [-0.2, -0.15) is 5.10 Å². The monoisotopic (exact) mass is 463 g/mol. The zero-order valence-electron chi connectivity index (χ0n) is 19.0. The maximum Gasteiger partial charge on any atom is 0.259 e. The van der Waals surface area contributed by atoms with Gasteiger partial charge in [0.2, 0.25) is 5.75 Å². The highest BCUT2D eigenvalue weighted by molar-refractivity contribution is 5.97. The highest BCUT2D eigenvalue weighted by Gasteiger charge is 2.17. The summed E-state index contributed by atoms with van der Waals surface area (Å²) in [6.45, 7) is -0.274. The summed E-state index contributed by atoms with van der Waals surface area (Å²) in [5.74, 6) is 1.41. The molecule has 0 unspecified atom stereocenters. The number of benzene rings is 3. The van der Waals surface area contributed by atoms with Crippen LogP contribution in [0.15, 0.2) is 71.8 Å². The van der Waals surface area contributed by atoms with Crippen LogP contribution in [-0.2, 0) is 4.79 Å².